The van der Waals surface area contributed by atoms with Gasteiger partial charge in [0.15, 0.2) is 0 Å². The number of nitrogens with zero attached hydrogens (tertiary/aromatic N) is 1. The van der Waals surface area contributed by atoms with Gasteiger partial charge >= 0.3 is 0 Å². The van der Waals surface area contributed by atoms with Gasteiger partial charge in [-0.15, -0.1) is 35.4 Å². The molecule has 1 heterocycles. The maximum absolute atomic E-state index is 4.71. The van der Waals surface area contributed by atoms with Crippen LogP contribution in [-0.4, -0.2) is 4.98 Å². The maximum atomic E-state index is 4.71. The van der Waals surface area contributed by atoms with E-state index in [1.54, 1.807) is 0 Å². The quantitative estimate of drug-likeness (QED) is 0.179. The molecule has 2 heteroatoms. The first-order chi connectivity index (χ1) is 16.8. The van der Waals surface area contributed by atoms with Crippen molar-refractivity contribution < 1.29 is 20.1 Å². The summed E-state index contributed by atoms with van der Waals surface area (Å²) in [5.74, 6) is 0. The first kappa shape index (κ1) is 22.9. The van der Waals surface area contributed by atoms with Crippen molar-refractivity contribution in [3.8, 4) is 44.6 Å². The molecule has 0 saturated carbocycles. The molecular formula is C33H22IrN-. The van der Waals surface area contributed by atoms with Gasteiger partial charge in [-0.1, -0.05) is 84.9 Å². The Morgan fingerprint density at radius 1 is 0.486 bits per heavy atom. The summed E-state index contributed by atoms with van der Waals surface area (Å²) in [7, 11) is 0. The normalized spacial score (nSPS) is 10.6. The summed E-state index contributed by atoms with van der Waals surface area (Å²) in [6.07, 6.45) is 1.88. The molecular weight excluding hydrogens is 603 g/mol. The summed E-state index contributed by atoms with van der Waals surface area (Å²) in [6, 6.07) is 48.1. The topological polar surface area (TPSA) is 12.9 Å². The molecule has 0 spiro atoms. The molecule has 169 valence electrons. The van der Waals surface area contributed by atoms with Crippen molar-refractivity contribution >= 4 is 10.8 Å². The third-order valence-electron chi connectivity index (χ3n) is 6.21. The van der Waals surface area contributed by atoms with E-state index < -0.39 is 0 Å². The number of pyridine rings is 1. The van der Waals surface area contributed by atoms with Gasteiger partial charge in [-0.25, -0.2) is 0 Å². The van der Waals surface area contributed by atoms with Crippen molar-refractivity contribution in [1.29, 1.82) is 0 Å². The molecule has 0 N–H and O–H groups in total. The number of benzene rings is 5. The molecule has 6 rings (SSSR count). The SMILES string of the molecule is [Ir].[c-]1ccc(-c2cc(-c3ccccc3)cc(-c3ccccc3)c2)cc1-c1nccc2ccccc12. The smallest absolute Gasteiger partial charge is 0.0167 e. The molecule has 1 aromatic heterocycles. The van der Waals surface area contributed by atoms with Crippen LogP contribution in [0.2, 0.25) is 0 Å². The van der Waals surface area contributed by atoms with Crippen LogP contribution in [-0.2, 0) is 20.1 Å². The summed E-state index contributed by atoms with van der Waals surface area (Å²) in [4.78, 5) is 4.71. The molecule has 0 aliphatic rings. The molecule has 0 aliphatic heterocycles. The zero-order valence-corrected chi connectivity index (χ0v) is 21.4. The second-order valence-corrected chi connectivity index (χ2v) is 8.40. The monoisotopic (exact) mass is 625 g/mol. The van der Waals surface area contributed by atoms with Crippen molar-refractivity contribution in [3.63, 3.8) is 0 Å². The van der Waals surface area contributed by atoms with E-state index in [9.17, 15) is 0 Å². The van der Waals surface area contributed by atoms with Crippen LogP contribution in [0.1, 0.15) is 0 Å². The fraction of sp³-hybridized carbons (Fsp3) is 0. The third-order valence-corrected chi connectivity index (χ3v) is 6.21. The molecule has 0 saturated heterocycles. The molecule has 6 aromatic rings. The van der Waals surface area contributed by atoms with Crippen molar-refractivity contribution in [2.45, 2.75) is 0 Å². The van der Waals surface area contributed by atoms with Crippen LogP contribution in [0.5, 0.6) is 0 Å². The van der Waals surface area contributed by atoms with Crippen molar-refractivity contribution in [2.75, 3.05) is 0 Å². The number of rotatable bonds is 4. The van der Waals surface area contributed by atoms with Crippen LogP contribution in [0.4, 0.5) is 0 Å². The molecule has 0 unspecified atom stereocenters. The minimum Gasteiger partial charge on any atom is -0.304 e. The molecule has 1 radical (unpaired) electrons. The summed E-state index contributed by atoms with van der Waals surface area (Å²) < 4.78 is 0. The Kier molecular flexibility index (Phi) is 6.68. The Labute approximate surface area is 219 Å². The zero-order chi connectivity index (χ0) is 22.7. The zero-order valence-electron chi connectivity index (χ0n) is 19.0. The second kappa shape index (κ2) is 10.2. The fourth-order valence-electron chi connectivity index (χ4n) is 4.51. The number of aromatic nitrogens is 1. The minimum atomic E-state index is 0. The van der Waals surface area contributed by atoms with Crippen LogP contribution < -0.4 is 0 Å². The summed E-state index contributed by atoms with van der Waals surface area (Å²) in [6.45, 7) is 0. The van der Waals surface area contributed by atoms with E-state index >= 15 is 0 Å². The van der Waals surface area contributed by atoms with Gasteiger partial charge in [0.1, 0.15) is 0 Å². The maximum Gasteiger partial charge on any atom is 0.0167 e. The Morgan fingerprint density at radius 3 is 1.71 bits per heavy atom. The van der Waals surface area contributed by atoms with E-state index in [1.165, 1.54) is 33.2 Å². The van der Waals surface area contributed by atoms with Crippen molar-refractivity contribution in [3.05, 3.63) is 140 Å². The number of hydrogen-bond acceptors (Lipinski definition) is 1. The first-order valence-electron chi connectivity index (χ1n) is 11.5. The molecule has 0 amide bonds. The van der Waals surface area contributed by atoms with Gasteiger partial charge in [0, 0.05) is 26.3 Å². The third kappa shape index (κ3) is 4.72. The molecule has 1 nitrogen and oxygen atoms in total. The van der Waals surface area contributed by atoms with Gasteiger partial charge in [-0.3, -0.25) is 0 Å². The standard InChI is InChI=1S/C33H22N.Ir/c1-3-10-24(11-4-1)29-21-30(25-12-5-2-6-13-25)23-31(22-29)27-15-9-16-28(20-27)33-32-17-8-7-14-26(32)18-19-34-33;/h1-15,17-23H;/q-1;. The van der Waals surface area contributed by atoms with E-state index in [2.05, 4.69) is 127 Å². The Morgan fingerprint density at radius 2 is 1.06 bits per heavy atom. The summed E-state index contributed by atoms with van der Waals surface area (Å²) >= 11 is 0. The first-order valence-corrected chi connectivity index (χ1v) is 11.5. The molecule has 0 aliphatic carbocycles. The Bertz CT molecular complexity index is 1530. The molecule has 0 bridgehead atoms. The van der Waals surface area contributed by atoms with E-state index in [0.29, 0.717) is 0 Å². The summed E-state index contributed by atoms with van der Waals surface area (Å²) in [5.41, 5.74) is 9.11. The average Bonchev–Trinajstić information content (AvgIpc) is 2.93. The van der Waals surface area contributed by atoms with Crippen LogP contribution in [0.25, 0.3) is 55.4 Å². The van der Waals surface area contributed by atoms with E-state index in [4.69, 9.17) is 4.98 Å². The largest absolute Gasteiger partial charge is 0.304 e. The van der Waals surface area contributed by atoms with E-state index in [-0.39, 0.29) is 20.1 Å². The minimum absolute atomic E-state index is 0. The predicted octanol–water partition coefficient (Wildman–Crippen LogP) is 8.70. The second-order valence-electron chi connectivity index (χ2n) is 8.40. The van der Waals surface area contributed by atoms with Gasteiger partial charge < -0.3 is 4.98 Å². The van der Waals surface area contributed by atoms with Crippen molar-refractivity contribution in [2.24, 2.45) is 0 Å². The number of fused-ring (bicyclic) bond motifs is 1. The average molecular weight is 625 g/mol. The molecule has 35 heavy (non-hydrogen) atoms. The predicted molar refractivity (Wildman–Crippen MR) is 142 cm³/mol. The fourth-order valence-corrected chi connectivity index (χ4v) is 4.51. The molecule has 0 fully saturated rings. The van der Waals surface area contributed by atoms with Gasteiger partial charge in [0.2, 0.25) is 0 Å². The Balaban J connectivity index is 0.00000253. The molecule has 5 aromatic carbocycles. The van der Waals surface area contributed by atoms with Gasteiger partial charge in [-0.2, -0.15) is 0 Å². The van der Waals surface area contributed by atoms with Gasteiger partial charge in [0.05, 0.1) is 0 Å². The van der Waals surface area contributed by atoms with Crippen LogP contribution in [0, 0.1) is 6.07 Å². The molecule has 0 atom stereocenters. The summed E-state index contributed by atoms with van der Waals surface area (Å²) in [5, 5.41) is 2.32. The Hall–Kier alpha value is -3.84. The van der Waals surface area contributed by atoms with E-state index in [1.807, 2.05) is 12.3 Å². The van der Waals surface area contributed by atoms with Gasteiger partial charge in [0.25, 0.3) is 0 Å². The number of hydrogen-bond donors (Lipinski definition) is 0. The van der Waals surface area contributed by atoms with Crippen LogP contribution in [0.15, 0.2) is 134 Å². The van der Waals surface area contributed by atoms with Crippen LogP contribution >= 0.6 is 0 Å². The van der Waals surface area contributed by atoms with Crippen LogP contribution in [0.3, 0.4) is 0 Å². The van der Waals surface area contributed by atoms with Gasteiger partial charge in [-0.05, 0) is 68.5 Å². The van der Waals surface area contributed by atoms with E-state index in [0.717, 1.165) is 22.2 Å². The van der Waals surface area contributed by atoms with Crippen molar-refractivity contribution in [1.82, 2.24) is 4.98 Å².